The van der Waals surface area contributed by atoms with Gasteiger partial charge in [0.15, 0.2) is 5.76 Å². The molecule has 3 aromatic rings. The number of thioether (sulfide) groups is 1. The van der Waals surface area contributed by atoms with Gasteiger partial charge in [-0.05, 0) is 30.3 Å². The average Bonchev–Trinajstić information content (AvgIpc) is 3.09. The number of nitrogens with zero attached hydrogens (tertiary/aromatic N) is 2. The maximum absolute atomic E-state index is 13.3. The molecular formula is C13H10FN3O2S. The number of hydrogen-bond acceptors (Lipinski definition) is 6. The fourth-order valence-electron chi connectivity index (χ4n) is 1.56. The molecular weight excluding hydrogens is 281 g/mol. The minimum absolute atomic E-state index is 0.132. The van der Waals surface area contributed by atoms with Crippen molar-refractivity contribution in [3.05, 3.63) is 48.3 Å². The molecule has 0 aliphatic carbocycles. The lowest BCUT2D eigenvalue weighted by atomic mass is 10.3. The lowest BCUT2D eigenvalue weighted by Crippen LogP contribution is -1.90. The Morgan fingerprint density at radius 2 is 2.20 bits per heavy atom. The smallest absolute Gasteiger partial charge is 0.238 e. The first-order valence-electron chi connectivity index (χ1n) is 5.76. The van der Waals surface area contributed by atoms with Gasteiger partial charge in [-0.2, -0.15) is 4.98 Å². The molecule has 0 aliphatic rings. The third kappa shape index (κ3) is 2.67. The molecule has 7 heteroatoms. The molecule has 20 heavy (non-hydrogen) atoms. The van der Waals surface area contributed by atoms with Crippen molar-refractivity contribution in [1.29, 1.82) is 0 Å². The Kier molecular flexibility index (Phi) is 3.42. The molecule has 3 rings (SSSR count). The van der Waals surface area contributed by atoms with Gasteiger partial charge in [0.25, 0.3) is 0 Å². The monoisotopic (exact) mass is 291 g/mol. The zero-order valence-corrected chi connectivity index (χ0v) is 11.1. The number of hydrogen-bond donors (Lipinski definition) is 1. The fourth-order valence-corrected chi connectivity index (χ4v) is 2.32. The van der Waals surface area contributed by atoms with Crippen LogP contribution in [0.5, 0.6) is 0 Å². The van der Waals surface area contributed by atoms with E-state index in [0.717, 1.165) is 4.90 Å². The van der Waals surface area contributed by atoms with Gasteiger partial charge >= 0.3 is 0 Å². The second-order valence-electron chi connectivity index (χ2n) is 3.96. The number of benzene rings is 1. The third-order valence-electron chi connectivity index (χ3n) is 2.54. The first-order chi connectivity index (χ1) is 9.72. The molecule has 0 bridgehead atoms. The van der Waals surface area contributed by atoms with Crippen molar-refractivity contribution < 1.29 is 13.3 Å². The quantitative estimate of drug-likeness (QED) is 0.586. The second kappa shape index (κ2) is 5.38. The molecule has 2 N–H and O–H groups in total. The highest BCUT2D eigenvalue weighted by atomic mass is 32.2. The van der Waals surface area contributed by atoms with Crippen LogP contribution in [0, 0.1) is 5.82 Å². The van der Waals surface area contributed by atoms with E-state index in [1.54, 1.807) is 18.2 Å². The molecule has 1 aromatic carbocycles. The van der Waals surface area contributed by atoms with E-state index in [-0.39, 0.29) is 5.69 Å². The highest BCUT2D eigenvalue weighted by Crippen LogP contribution is 2.25. The summed E-state index contributed by atoms with van der Waals surface area (Å²) in [7, 11) is 0. The Bertz CT molecular complexity index is 712. The van der Waals surface area contributed by atoms with E-state index >= 15 is 0 Å². The first-order valence-corrected chi connectivity index (χ1v) is 6.75. The van der Waals surface area contributed by atoms with Crippen LogP contribution in [0.4, 0.5) is 10.1 Å². The van der Waals surface area contributed by atoms with Crippen molar-refractivity contribution in [1.82, 2.24) is 10.1 Å². The third-order valence-corrected chi connectivity index (χ3v) is 3.52. The number of nitrogen functional groups attached to an aromatic ring is 1. The van der Waals surface area contributed by atoms with Gasteiger partial charge in [0.2, 0.25) is 11.7 Å². The number of furan rings is 1. The van der Waals surface area contributed by atoms with Gasteiger partial charge in [0, 0.05) is 4.90 Å². The number of aromatic nitrogens is 2. The summed E-state index contributed by atoms with van der Waals surface area (Å²) in [5.41, 5.74) is 5.55. The Balaban J connectivity index is 1.68. The van der Waals surface area contributed by atoms with Crippen LogP contribution < -0.4 is 5.73 Å². The van der Waals surface area contributed by atoms with E-state index in [4.69, 9.17) is 14.7 Å². The summed E-state index contributed by atoms with van der Waals surface area (Å²) in [6.45, 7) is 0. The van der Waals surface area contributed by atoms with Crippen molar-refractivity contribution in [2.45, 2.75) is 10.6 Å². The number of nitrogens with two attached hydrogens (primary N) is 1. The Morgan fingerprint density at radius 1 is 1.30 bits per heavy atom. The van der Waals surface area contributed by atoms with Gasteiger partial charge in [-0.15, -0.1) is 11.8 Å². The normalized spacial score (nSPS) is 10.8. The van der Waals surface area contributed by atoms with Crippen LogP contribution in [0.2, 0.25) is 0 Å². The summed E-state index contributed by atoms with van der Waals surface area (Å²) in [4.78, 5) is 4.94. The molecule has 0 spiro atoms. The standard InChI is InChI=1S/C13H10FN3O2S/c14-9-6-8(3-4-10(9)15)20-7-12-16-13(17-19-12)11-2-1-5-18-11/h1-6H,7,15H2. The summed E-state index contributed by atoms with van der Waals surface area (Å²) in [6.07, 6.45) is 1.54. The summed E-state index contributed by atoms with van der Waals surface area (Å²) < 4.78 is 23.6. The predicted molar refractivity (Wildman–Crippen MR) is 72.4 cm³/mol. The van der Waals surface area contributed by atoms with Gasteiger partial charge < -0.3 is 14.7 Å². The SMILES string of the molecule is Nc1ccc(SCc2nc(-c3ccco3)no2)cc1F. The molecule has 0 saturated heterocycles. The molecule has 2 heterocycles. The first kappa shape index (κ1) is 12.7. The molecule has 102 valence electrons. The minimum Gasteiger partial charge on any atom is -0.461 e. The minimum atomic E-state index is -0.434. The summed E-state index contributed by atoms with van der Waals surface area (Å²) in [5.74, 6) is 1.39. The Labute approximate surface area is 118 Å². The summed E-state index contributed by atoms with van der Waals surface area (Å²) in [6, 6.07) is 8.14. The number of anilines is 1. The summed E-state index contributed by atoms with van der Waals surface area (Å²) >= 11 is 1.38. The van der Waals surface area contributed by atoms with Crippen molar-refractivity contribution in [3.63, 3.8) is 0 Å². The van der Waals surface area contributed by atoms with Crippen molar-refractivity contribution in [3.8, 4) is 11.6 Å². The molecule has 0 radical (unpaired) electrons. The zero-order valence-electron chi connectivity index (χ0n) is 10.2. The van der Waals surface area contributed by atoms with Crippen LogP contribution in [0.3, 0.4) is 0 Å². The molecule has 0 atom stereocenters. The summed E-state index contributed by atoms with van der Waals surface area (Å²) in [5, 5.41) is 3.82. The maximum atomic E-state index is 13.3. The fraction of sp³-hybridized carbons (Fsp3) is 0.0769. The van der Waals surface area contributed by atoms with E-state index in [1.807, 2.05) is 0 Å². The van der Waals surface area contributed by atoms with Gasteiger partial charge in [-0.25, -0.2) is 4.39 Å². The topological polar surface area (TPSA) is 78.1 Å². The molecule has 0 fully saturated rings. The zero-order chi connectivity index (χ0) is 13.9. The lowest BCUT2D eigenvalue weighted by Gasteiger charge is -2.00. The van der Waals surface area contributed by atoms with E-state index in [1.165, 1.54) is 30.2 Å². The van der Waals surface area contributed by atoms with Crippen LogP contribution in [0.15, 0.2) is 50.4 Å². The highest BCUT2D eigenvalue weighted by molar-refractivity contribution is 7.98. The molecule has 0 aliphatic heterocycles. The van der Waals surface area contributed by atoms with E-state index in [0.29, 0.717) is 23.2 Å². The van der Waals surface area contributed by atoms with Crippen LogP contribution >= 0.6 is 11.8 Å². The van der Waals surface area contributed by atoms with Gasteiger partial charge in [0.1, 0.15) is 5.82 Å². The van der Waals surface area contributed by atoms with Crippen LogP contribution in [-0.4, -0.2) is 10.1 Å². The average molecular weight is 291 g/mol. The molecule has 0 unspecified atom stereocenters. The van der Waals surface area contributed by atoms with E-state index < -0.39 is 5.82 Å². The Morgan fingerprint density at radius 3 is 2.95 bits per heavy atom. The van der Waals surface area contributed by atoms with Gasteiger partial charge in [0.05, 0.1) is 17.7 Å². The van der Waals surface area contributed by atoms with E-state index in [9.17, 15) is 4.39 Å². The number of halogens is 1. The lowest BCUT2D eigenvalue weighted by molar-refractivity contribution is 0.390. The van der Waals surface area contributed by atoms with Gasteiger partial charge in [-0.1, -0.05) is 5.16 Å². The van der Waals surface area contributed by atoms with Crippen LogP contribution in [0.1, 0.15) is 5.89 Å². The van der Waals surface area contributed by atoms with Crippen LogP contribution in [-0.2, 0) is 5.75 Å². The van der Waals surface area contributed by atoms with Crippen molar-refractivity contribution in [2.24, 2.45) is 0 Å². The molecule has 0 amide bonds. The van der Waals surface area contributed by atoms with Crippen molar-refractivity contribution in [2.75, 3.05) is 5.73 Å². The predicted octanol–water partition coefficient (Wildman–Crippen LogP) is 3.34. The Hall–Kier alpha value is -2.28. The molecule has 5 nitrogen and oxygen atoms in total. The van der Waals surface area contributed by atoms with Gasteiger partial charge in [-0.3, -0.25) is 0 Å². The largest absolute Gasteiger partial charge is 0.461 e. The van der Waals surface area contributed by atoms with Crippen LogP contribution in [0.25, 0.3) is 11.6 Å². The second-order valence-corrected chi connectivity index (χ2v) is 5.01. The number of rotatable bonds is 4. The van der Waals surface area contributed by atoms with E-state index in [2.05, 4.69) is 10.1 Å². The molecule has 2 aromatic heterocycles. The maximum Gasteiger partial charge on any atom is 0.238 e. The highest BCUT2D eigenvalue weighted by Gasteiger charge is 2.11. The van der Waals surface area contributed by atoms with Crippen molar-refractivity contribution >= 4 is 17.4 Å². The molecule has 0 saturated carbocycles.